The van der Waals surface area contributed by atoms with E-state index in [4.69, 9.17) is 14.6 Å². The molecule has 2 saturated heterocycles. The number of rotatable bonds is 1. The molecule has 2 rings (SSSR count). The van der Waals surface area contributed by atoms with E-state index in [0.29, 0.717) is 13.0 Å². The van der Waals surface area contributed by atoms with E-state index in [1.165, 1.54) is 0 Å². The normalized spacial score (nSPS) is 38.4. The summed E-state index contributed by atoms with van der Waals surface area (Å²) in [6.07, 6.45) is 3.69. The Labute approximate surface area is 83.2 Å². The molecule has 2 aliphatic rings. The summed E-state index contributed by atoms with van der Waals surface area (Å²) in [5.74, 6) is -0.827. The van der Waals surface area contributed by atoms with Gasteiger partial charge in [0, 0.05) is 13.2 Å². The SMILES string of the molecule is O=C(O)C1CCC2(CCCOCC2)O1. The zero-order valence-corrected chi connectivity index (χ0v) is 8.20. The van der Waals surface area contributed by atoms with Gasteiger partial charge in [-0.2, -0.15) is 0 Å². The molecule has 0 radical (unpaired) electrons. The number of carboxylic acid groups (broad SMARTS) is 1. The third kappa shape index (κ3) is 1.91. The van der Waals surface area contributed by atoms with Crippen molar-refractivity contribution < 1.29 is 19.4 Å². The van der Waals surface area contributed by atoms with Crippen LogP contribution in [0.2, 0.25) is 0 Å². The highest BCUT2D eigenvalue weighted by Gasteiger charge is 2.42. The van der Waals surface area contributed by atoms with Gasteiger partial charge in [-0.25, -0.2) is 4.79 Å². The van der Waals surface area contributed by atoms with Crippen molar-refractivity contribution in [3.05, 3.63) is 0 Å². The molecular weight excluding hydrogens is 184 g/mol. The monoisotopic (exact) mass is 200 g/mol. The largest absolute Gasteiger partial charge is 0.479 e. The van der Waals surface area contributed by atoms with Gasteiger partial charge in [0.2, 0.25) is 0 Å². The molecule has 0 aromatic rings. The van der Waals surface area contributed by atoms with Crippen LogP contribution in [0, 0.1) is 0 Å². The van der Waals surface area contributed by atoms with Gasteiger partial charge >= 0.3 is 5.97 Å². The van der Waals surface area contributed by atoms with Crippen LogP contribution in [0.1, 0.15) is 32.1 Å². The van der Waals surface area contributed by atoms with E-state index >= 15 is 0 Å². The quantitative estimate of drug-likeness (QED) is 0.690. The number of ether oxygens (including phenoxy) is 2. The lowest BCUT2D eigenvalue weighted by atomic mass is 9.91. The summed E-state index contributed by atoms with van der Waals surface area (Å²) < 4.78 is 11.0. The minimum absolute atomic E-state index is 0.195. The molecule has 4 nitrogen and oxygen atoms in total. The summed E-state index contributed by atoms with van der Waals surface area (Å²) in [5.41, 5.74) is -0.195. The van der Waals surface area contributed by atoms with Gasteiger partial charge in [0.05, 0.1) is 5.60 Å². The third-order valence-electron chi connectivity index (χ3n) is 3.15. The Morgan fingerprint density at radius 3 is 2.86 bits per heavy atom. The Kier molecular flexibility index (Phi) is 2.74. The van der Waals surface area contributed by atoms with E-state index < -0.39 is 12.1 Å². The van der Waals surface area contributed by atoms with E-state index in [1.807, 2.05) is 0 Å². The van der Waals surface area contributed by atoms with Gasteiger partial charge in [-0.1, -0.05) is 0 Å². The lowest BCUT2D eigenvalue weighted by molar-refractivity contribution is -0.155. The van der Waals surface area contributed by atoms with Crippen LogP contribution in [0.25, 0.3) is 0 Å². The van der Waals surface area contributed by atoms with Crippen molar-refractivity contribution in [2.45, 2.75) is 43.8 Å². The van der Waals surface area contributed by atoms with Gasteiger partial charge in [-0.05, 0) is 32.1 Å². The first-order valence-corrected chi connectivity index (χ1v) is 5.20. The lowest BCUT2D eigenvalue weighted by Crippen LogP contribution is -2.31. The van der Waals surface area contributed by atoms with Gasteiger partial charge in [-0.15, -0.1) is 0 Å². The van der Waals surface area contributed by atoms with Crippen molar-refractivity contribution >= 4 is 5.97 Å². The maximum Gasteiger partial charge on any atom is 0.332 e. The highest BCUT2D eigenvalue weighted by atomic mass is 16.5. The van der Waals surface area contributed by atoms with E-state index in [9.17, 15) is 4.79 Å². The predicted molar refractivity (Wildman–Crippen MR) is 49.1 cm³/mol. The Balaban J connectivity index is 1.99. The first kappa shape index (κ1) is 9.93. The van der Waals surface area contributed by atoms with Crippen LogP contribution < -0.4 is 0 Å². The van der Waals surface area contributed by atoms with Crippen molar-refractivity contribution in [3.8, 4) is 0 Å². The van der Waals surface area contributed by atoms with Crippen molar-refractivity contribution in [1.82, 2.24) is 0 Å². The number of carboxylic acids is 1. The first-order chi connectivity index (χ1) is 6.72. The molecule has 2 aliphatic heterocycles. The zero-order valence-electron chi connectivity index (χ0n) is 8.20. The lowest BCUT2D eigenvalue weighted by Gasteiger charge is -2.26. The van der Waals surface area contributed by atoms with Gasteiger partial charge < -0.3 is 14.6 Å². The first-order valence-electron chi connectivity index (χ1n) is 5.20. The second-order valence-electron chi connectivity index (χ2n) is 4.13. The highest BCUT2D eigenvalue weighted by Crippen LogP contribution is 2.38. The number of aliphatic carboxylic acids is 1. The molecule has 0 saturated carbocycles. The molecule has 0 bridgehead atoms. The summed E-state index contributed by atoms with van der Waals surface area (Å²) in [6, 6.07) is 0. The molecule has 2 fully saturated rings. The second-order valence-corrected chi connectivity index (χ2v) is 4.13. The van der Waals surface area contributed by atoms with E-state index in [2.05, 4.69) is 0 Å². The average molecular weight is 200 g/mol. The van der Waals surface area contributed by atoms with Crippen molar-refractivity contribution in [3.63, 3.8) is 0 Å². The molecule has 14 heavy (non-hydrogen) atoms. The van der Waals surface area contributed by atoms with Crippen molar-refractivity contribution in [2.75, 3.05) is 13.2 Å². The average Bonchev–Trinajstić information content (AvgIpc) is 2.41. The molecule has 4 heteroatoms. The summed E-state index contributed by atoms with van der Waals surface area (Å²) >= 11 is 0. The van der Waals surface area contributed by atoms with Crippen LogP contribution in [0.3, 0.4) is 0 Å². The molecule has 1 spiro atoms. The molecule has 2 heterocycles. The number of hydrogen-bond donors (Lipinski definition) is 1. The molecule has 2 atom stereocenters. The maximum absolute atomic E-state index is 10.8. The van der Waals surface area contributed by atoms with E-state index in [1.54, 1.807) is 0 Å². The van der Waals surface area contributed by atoms with Gasteiger partial charge in [-0.3, -0.25) is 0 Å². The van der Waals surface area contributed by atoms with Crippen LogP contribution in [0.5, 0.6) is 0 Å². The number of carbonyl (C=O) groups is 1. The van der Waals surface area contributed by atoms with Crippen LogP contribution in [-0.4, -0.2) is 36.0 Å². The molecule has 0 amide bonds. The Bertz CT molecular complexity index is 218. The Hall–Kier alpha value is -0.610. The fourth-order valence-corrected chi connectivity index (χ4v) is 2.34. The molecular formula is C10H16O4. The summed E-state index contributed by atoms with van der Waals surface area (Å²) in [4.78, 5) is 10.8. The van der Waals surface area contributed by atoms with Crippen LogP contribution in [0.4, 0.5) is 0 Å². The highest BCUT2D eigenvalue weighted by molar-refractivity contribution is 5.72. The summed E-state index contributed by atoms with van der Waals surface area (Å²) in [7, 11) is 0. The third-order valence-corrected chi connectivity index (χ3v) is 3.15. The van der Waals surface area contributed by atoms with Crippen molar-refractivity contribution in [2.24, 2.45) is 0 Å². The fourth-order valence-electron chi connectivity index (χ4n) is 2.34. The minimum Gasteiger partial charge on any atom is -0.479 e. The number of hydrogen-bond acceptors (Lipinski definition) is 3. The van der Waals surface area contributed by atoms with Gasteiger partial charge in [0.15, 0.2) is 6.10 Å². The zero-order chi connectivity index (χ0) is 10.0. The molecule has 0 aromatic heterocycles. The Morgan fingerprint density at radius 1 is 1.29 bits per heavy atom. The van der Waals surface area contributed by atoms with Crippen molar-refractivity contribution in [1.29, 1.82) is 0 Å². The van der Waals surface area contributed by atoms with Gasteiger partial charge in [0.1, 0.15) is 0 Å². The van der Waals surface area contributed by atoms with Crippen LogP contribution in [-0.2, 0) is 14.3 Å². The standard InChI is InChI=1S/C10H16O4/c11-9(12)8-2-4-10(14-8)3-1-6-13-7-5-10/h8H,1-7H2,(H,11,12). The van der Waals surface area contributed by atoms with Gasteiger partial charge in [0.25, 0.3) is 0 Å². The van der Waals surface area contributed by atoms with E-state index in [-0.39, 0.29) is 5.60 Å². The summed E-state index contributed by atoms with van der Waals surface area (Å²) in [5, 5.41) is 8.84. The molecule has 1 N–H and O–H groups in total. The molecule has 0 aliphatic carbocycles. The predicted octanol–water partition coefficient (Wildman–Crippen LogP) is 1.19. The fraction of sp³-hybridized carbons (Fsp3) is 0.900. The molecule has 0 aromatic carbocycles. The molecule has 2 unspecified atom stereocenters. The van der Waals surface area contributed by atoms with Crippen LogP contribution in [0.15, 0.2) is 0 Å². The summed E-state index contributed by atoms with van der Waals surface area (Å²) in [6.45, 7) is 1.48. The van der Waals surface area contributed by atoms with Crippen LogP contribution >= 0.6 is 0 Å². The molecule has 80 valence electrons. The smallest absolute Gasteiger partial charge is 0.332 e. The maximum atomic E-state index is 10.8. The topological polar surface area (TPSA) is 55.8 Å². The van der Waals surface area contributed by atoms with E-state index in [0.717, 1.165) is 32.3 Å². The minimum atomic E-state index is -0.827. The second kappa shape index (κ2) is 3.87. The Morgan fingerprint density at radius 2 is 2.14 bits per heavy atom.